The van der Waals surface area contributed by atoms with Crippen molar-refractivity contribution in [1.82, 2.24) is 9.97 Å². The van der Waals surface area contributed by atoms with Crippen LogP contribution in [0.25, 0.3) is 10.9 Å². The molecule has 0 saturated carbocycles. The Morgan fingerprint density at radius 3 is 2.87 bits per heavy atom. The minimum Gasteiger partial charge on any atom is -0.467 e. The third kappa shape index (κ3) is 3.45. The van der Waals surface area contributed by atoms with Crippen molar-refractivity contribution in [1.29, 1.82) is 0 Å². The zero-order chi connectivity index (χ0) is 16.1. The maximum Gasteiger partial charge on any atom is 0.330 e. The molecule has 0 bridgehead atoms. The van der Waals surface area contributed by atoms with E-state index in [1.807, 2.05) is 42.6 Å². The van der Waals surface area contributed by atoms with Crippen LogP contribution in [0.1, 0.15) is 11.1 Å². The predicted octanol–water partition coefficient (Wildman–Crippen LogP) is 2.77. The number of para-hydroxylation sites is 1. The normalized spacial score (nSPS) is 12.6. The Morgan fingerprint density at radius 2 is 2.09 bits per heavy atom. The summed E-state index contributed by atoms with van der Waals surface area (Å²) in [7, 11) is 1.38. The number of methoxy groups -OCH3 is 1. The maximum absolute atomic E-state index is 12.0. The predicted molar refractivity (Wildman–Crippen MR) is 89.6 cm³/mol. The van der Waals surface area contributed by atoms with Crippen molar-refractivity contribution in [3.63, 3.8) is 0 Å². The number of nitrogens with zero attached hydrogens (tertiary/aromatic N) is 2. The van der Waals surface area contributed by atoms with Crippen molar-refractivity contribution < 1.29 is 9.53 Å². The molecule has 0 aliphatic rings. The van der Waals surface area contributed by atoms with Crippen LogP contribution in [0.15, 0.2) is 60.0 Å². The van der Waals surface area contributed by atoms with Crippen molar-refractivity contribution in [2.24, 2.45) is 4.99 Å². The molecule has 1 N–H and O–H groups in total. The molecule has 0 aliphatic carbocycles. The molecule has 5 nitrogen and oxygen atoms in total. The van der Waals surface area contributed by atoms with Crippen molar-refractivity contribution in [3.05, 3.63) is 66.1 Å². The largest absolute Gasteiger partial charge is 0.467 e. The second-order valence-electron chi connectivity index (χ2n) is 5.16. The number of aromatic nitrogens is 2. The fourth-order valence-corrected chi connectivity index (χ4v) is 2.47. The zero-order valence-electron chi connectivity index (χ0n) is 12.8. The topological polar surface area (TPSA) is 67.3 Å². The van der Waals surface area contributed by atoms with Crippen LogP contribution in [-0.4, -0.2) is 35.3 Å². The van der Waals surface area contributed by atoms with Crippen LogP contribution in [0.2, 0.25) is 0 Å². The lowest BCUT2D eigenvalue weighted by molar-refractivity contribution is -0.142. The van der Waals surface area contributed by atoms with Gasteiger partial charge in [0.2, 0.25) is 0 Å². The van der Waals surface area contributed by atoms with Gasteiger partial charge in [-0.15, -0.1) is 0 Å². The number of fused-ring (bicyclic) bond motifs is 1. The summed E-state index contributed by atoms with van der Waals surface area (Å²) in [6, 6.07) is 11.1. The molecule has 0 amide bonds. The number of carbonyl (C=O) groups excluding carboxylic acids is 1. The van der Waals surface area contributed by atoms with E-state index in [-0.39, 0.29) is 5.97 Å². The lowest BCUT2D eigenvalue weighted by Crippen LogP contribution is -2.23. The number of aromatic amines is 1. The van der Waals surface area contributed by atoms with Gasteiger partial charge in [0, 0.05) is 42.1 Å². The molecular formula is C18H17N3O2. The number of H-pyrrole nitrogens is 1. The number of carbonyl (C=O) groups is 1. The van der Waals surface area contributed by atoms with Gasteiger partial charge in [0.05, 0.1) is 7.11 Å². The summed E-state index contributed by atoms with van der Waals surface area (Å²) in [6.45, 7) is 0. The number of pyridine rings is 1. The van der Waals surface area contributed by atoms with E-state index in [1.165, 1.54) is 7.11 Å². The van der Waals surface area contributed by atoms with Crippen LogP contribution in [-0.2, 0) is 16.0 Å². The van der Waals surface area contributed by atoms with Gasteiger partial charge in [-0.05, 0) is 29.3 Å². The van der Waals surface area contributed by atoms with Gasteiger partial charge in [0.1, 0.15) is 0 Å². The van der Waals surface area contributed by atoms with Crippen molar-refractivity contribution in [3.8, 4) is 0 Å². The Balaban J connectivity index is 1.85. The highest BCUT2D eigenvalue weighted by atomic mass is 16.5. The highest BCUT2D eigenvalue weighted by Gasteiger charge is 2.19. The average Bonchev–Trinajstić information content (AvgIpc) is 3.02. The monoisotopic (exact) mass is 307 g/mol. The molecule has 0 saturated heterocycles. The van der Waals surface area contributed by atoms with E-state index in [1.54, 1.807) is 18.6 Å². The van der Waals surface area contributed by atoms with E-state index in [2.05, 4.69) is 15.0 Å². The second kappa shape index (κ2) is 6.87. The van der Waals surface area contributed by atoms with Gasteiger partial charge in [-0.3, -0.25) is 9.98 Å². The minimum absolute atomic E-state index is 0.347. The highest BCUT2D eigenvalue weighted by molar-refractivity contribution is 5.86. The standard InChI is InChI=1S/C18H17N3O2/c1-23-18(22)17(20-11-13-6-8-19-9-7-13)10-14-12-21-16-5-3-2-4-15(14)16/h2-9,11-12,17,21H,10H2,1H3/t17-/m0/s1. The SMILES string of the molecule is COC(=O)[C@H](Cc1c[nH]c2ccccc12)N=Cc1ccncc1. The first-order valence-electron chi connectivity index (χ1n) is 7.34. The third-order valence-corrected chi connectivity index (χ3v) is 3.67. The van der Waals surface area contributed by atoms with Crippen molar-refractivity contribution >= 4 is 23.1 Å². The van der Waals surface area contributed by atoms with Crippen LogP contribution in [0.5, 0.6) is 0 Å². The Morgan fingerprint density at radius 1 is 1.30 bits per heavy atom. The second-order valence-corrected chi connectivity index (χ2v) is 5.16. The van der Waals surface area contributed by atoms with Gasteiger partial charge in [0.25, 0.3) is 0 Å². The first-order chi connectivity index (χ1) is 11.3. The molecule has 2 aromatic heterocycles. The Labute approximate surface area is 134 Å². The van der Waals surface area contributed by atoms with E-state index in [0.29, 0.717) is 6.42 Å². The Hall–Kier alpha value is -2.95. The molecule has 0 spiro atoms. The summed E-state index contributed by atoms with van der Waals surface area (Å²) < 4.78 is 4.89. The molecule has 0 radical (unpaired) electrons. The van der Waals surface area contributed by atoms with E-state index in [4.69, 9.17) is 4.74 Å². The summed E-state index contributed by atoms with van der Waals surface area (Å²) in [5.74, 6) is -0.347. The van der Waals surface area contributed by atoms with E-state index >= 15 is 0 Å². The van der Waals surface area contributed by atoms with Gasteiger partial charge in [-0.1, -0.05) is 18.2 Å². The number of nitrogens with one attached hydrogen (secondary N) is 1. The number of rotatable bonds is 5. The zero-order valence-corrected chi connectivity index (χ0v) is 12.8. The van der Waals surface area contributed by atoms with E-state index in [0.717, 1.165) is 22.0 Å². The van der Waals surface area contributed by atoms with Crippen molar-refractivity contribution in [2.75, 3.05) is 7.11 Å². The number of esters is 1. The summed E-state index contributed by atoms with van der Waals surface area (Å²) in [5, 5.41) is 1.10. The smallest absolute Gasteiger partial charge is 0.330 e. The minimum atomic E-state index is -0.577. The molecule has 116 valence electrons. The molecule has 23 heavy (non-hydrogen) atoms. The van der Waals surface area contributed by atoms with Crippen LogP contribution < -0.4 is 0 Å². The first-order valence-corrected chi connectivity index (χ1v) is 7.34. The molecule has 3 rings (SSSR count). The van der Waals surface area contributed by atoms with Crippen LogP contribution in [0.3, 0.4) is 0 Å². The number of aliphatic imine (C=N–C) groups is 1. The van der Waals surface area contributed by atoms with Gasteiger partial charge in [-0.25, -0.2) is 4.79 Å². The number of ether oxygens (including phenoxy) is 1. The quantitative estimate of drug-likeness (QED) is 0.582. The molecule has 2 heterocycles. The highest BCUT2D eigenvalue weighted by Crippen LogP contribution is 2.20. The lowest BCUT2D eigenvalue weighted by atomic mass is 10.1. The average molecular weight is 307 g/mol. The molecule has 5 heteroatoms. The van der Waals surface area contributed by atoms with Crippen molar-refractivity contribution in [2.45, 2.75) is 12.5 Å². The summed E-state index contributed by atoms with van der Waals surface area (Å²) in [6.07, 6.45) is 7.46. The van der Waals surface area contributed by atoms with Gasteiger partial charge in [0.15, 0.2) is 6.04 Å². The number of benzene rings is 1. The van der Waals surface area contributed by atoms with Gasteiger partial charge in [-0.2, -0.15) is 0 Å². The van der Waals surface area contributed by atoms with Crippen LogP contribution in [0.4, 0.5) is 0 Å². The molecule has 3 aromatic rings. The molecule has 0 aliphatic heterocycles. The van der Waals surface area contributed by atoms with E-state index in [9.17, 15) is 4.79 Å². The fraction of sp³-hybridized carbons (Fsp3) is 0.167. The number of hydrogen-bond acceptors (Lipinski definition) is 4. The van der Waals surface area contributed by atoms with Gasteiger partial charge >= 0.3 is 5.97 Å². The van der Waals surface area contributed by atoms with Gasteiger partial charge < -0.3 is 9.72 Å². The first kappa shape index (κ1) is 15.0. The lowest BCUT2D eigenvalue weighted by Gasteiger charge is -2.09. The summed E-state index contributed by atoms with van der Waals surface area (Å²) >= 11 is 0. The summed E-state index contributed by atoms with van der Waals surface area (Å²) in [4.78, 5) is 23.6. The third-order valence-electron chi connectivity index (χ3n) is 3.67. The Bertz CT molecular complexity index is 824. The summed E-state index contributed by atoms with van der Waals surface area (Å²) in [5.41, 5.74) is 2.99. The Kier molecular flexibility index (Phi) is 4.47. The molecule has 0 fully saturated rings. The van der Waals surface area contributed by atoms with Crippen LogP contribution in [0, 0.1) is 0 Å². The number of hydrogen-bond donors (Lipinski definition) is 1. The van der Waals surface area contributed by atoms with Crippen LogP contribution >= 0.6 is 0 Å². The molecule has 1 aromatic carbocycles. The molecular weight excluding hydrogens is 290 g/mol. The van der Waals surface area contributed by atoms with E-state index < -0.39 is 6.04 Å². The molecule has 1 atom stereocenters. The maximum atomic E-state index is 12.0. The fourth-order valence-electron chi connectivity index (χ4n) is 2.47. The molecule has 0 unspecified atom stereocenters.